The van der Waals surface area contributed by atoms with Gasteiger partial charge in [-0.05, 0) is 18.6 Å². The standard InChI is InChI=1S/C9H10N2O2/c1-6-2-3-8-7(4-6)5-9(10-8)11(12)13/h2-4,9-10H,5H2,1H3. The zero-order valence-electron chi connectivity index (χ0n) is 7.28. The molecule has 0 bridgehead atoms. The number of rotatable bonds is 1. The van der Waals surface area contributed by atoms with Gasteiger partial charge in [0.2, 0.25) is 0 Å². The van der Waals surface area contributed by atoms with E-state index in [0.29, 0.717) is 6.42 Å². The first-order chi connectivity index (χ1) is 6.16. The highest BCUT2D eigenvalue weighted by Crippen LogP contribution is 2.26. The SMILES string of the molecule is Cc1ccc2c(c1)CC([N+](=O)[O-])N2. The highest BCUT2D eigenvalue weighted by Gasteiger charge is 2.28. The Morgan fingerprint density at radius 3 is 3.08 bits per heavy atom. The van der Waals surface area contributed by atoms with Crippen LogP contribution in [0.25, 0.3) is 0 Å². The lowest BCUT2D eigenvalue weighted by Crippen LogP contribution is -2.25. The summed E-state index contributed by atoms with van der Waals surface area (Å²) in [6, 6.07) is 5.84. The summed E-state index contributed by atoms with van der Waals surface area (Å²) in [5.41, 5.74) is 3.08. The molecule has 0 radical (unpaired) electrons. The molecule has 4 heteroatoms. The first kappa shape index (κ1) is 8.04. The fraction of sp³-hybridized carbons (Fsp3) is 0.333. The third-order valence-electron chi connectivity index (χ3n) is 2.25. The fourth-order valence-electron chi connectivity index (χ4n) is 1.60. The molecule has 1 unspecified atom stereocenters. The van der Waals surface area contributed by atoms with E-state index in [1.165, 1.54) is 0 Å². The number of benzene rings is 1. The molecule has 1 atom stereocenters. The van der Waals surface area contributed by atoms with Crippen LogP contribution in [-0.4, -0.2) is 11.1 Å². The van der Waals surface area contributed by atoms with Gasteiger partial charge >= 0.3 is 0 Å². The third-order valence-corrected chi connectivity index (χ3v) is 2.25. The Bertz CT molecular complexity index is 363. The molecule has 1 aliphatic rings. The van der Waals surface area contributed by atoms with Gasteiger partial charge in [0, 0.05) is 10.6 Å². The summed E-state index contributed by atoms with van der Waals surface area (Å²) in [6.07, 6.45) is -0.152. The van der Waals surface area contributed by atoms with Gasteiger partial charge in [0.1, 0.15) is 0 Å². The van der Waals surface area contributed by atoms with Crippen LogP contribution >= 0.6 is 0 Å². The van der Waals surface area contributed by atoms with Crippen LogP contribution in [0.3, 0.4) is 0 Å². The van der Waals surface area contributed by atoms with E-state index in [4.69, 9.17) is 0 Å². The lowest BCUT2D eigenvalue weighted by atomic mass is 10.1. The maximum absolute atomic E-state index is 10.5. The number of nitrogens with zero attached hydrogens (tertiary/aromatic N) is 1. The summed E-state index contributed by atoms with van der Waals surface area (Å²) in [5, 5.41) is 13.4. The topological polar surface area (TPSA) is 55.2 Å². The van der Waals surface area contributed by atoms with E-state index in [1.807, 2.05) is 25.1 Å². The predicted octanol–water partition coefficient (Wildman–Crippen LogP) is 1.57. The number of nitrogens with one attached hydrogen (secondary N) is 1. The second kappa shape index (κ2) is 2.73. The van der Waals surface area contributed by atoms with Crippen LogP contribution in [-0.2, 0) is 6.42 Å². The molecule has 0 amide bonds. The van der Waals surface area contributed by atoms with Crippen molar-refractivity contribution >= 4 is 5.69 Å². The molecular weight excluding hydrogens is 168 g/mol. The first-order valence-electron chi connectivity index (χ1n) is 4.16. The van der Waals surface area contributed by atoms with E-state index < -0.39 is 6.17 Å². The Balaban J connectivity index is 2.30. The monoisotopic (exact) mass is 178 g/mol. The van der Waals surface area contributed by atoms with Gasteiger partial charge in [0.15, 0.2) is 0 Å². The zero-order chi connectivity index (χ0) is 9.42. The van der Waals surface area contributed by atoms with Gasteiger partial charge in [0.25, 0.3) is 6.17 Å². The molecule has 1 aliphatic heterocycles. The second-order valence-electron chi connectivity index (χ2n) is 3.31. The Morgan fingerprint density at radius 1 is 1.62 bits per heavy atom. The average Bonchev–Trinajstić information content (AvgIpc) is 2.46. The molecule has 2 rings (SSSR count). The molecule has 1 heterocycles. The third kappa shape index (κ3) is 1.35. The van der Waals surface area contributed by atoms with Gasteiger partial charge in [-0.3, -0.25) is 10.1 Å². The van der Waals surface area contributed by atoms with Crippen LogP contribution in [0.15, 0.2) is 18.2 Å². The molecular formula is C9H10N2O2. The molecule has 4 nitrogen and oxygen atoms in total. The number of hydrogen-bond donors (Lipinski definition) is 1. The van der Waals surface area contributed by atoms with Gasteiger partial charge in [0.05, 0.1) is 6.42 Å². The molecule has 0 aromatic heterocycles. The number of hydrogen-bond acceptors (Lipinski definition) is 3. The largest absolute Gasteiger partial charge is 0.323 e. The molecule has 0 fully saturated rings. The normalized spacial score (nSPS) is 19.3. The van der Waals surface area contributed by atoms with E-state index in [0.717, 1.165) is 16.8 Å². The van der Waals surface area contributed by atoms with Crippen molar-refractivity contribution in [3.05, 3.63) is 39.4 Å². The van der Waals surface area contributed by atoms with Crippen molar-refractivity contribution in [3.63, 3.8) is 0 Å². The Hall–Kier alpha value is -1.58. The summed E-state index contributed by atoms with van der Waals surface area (Å²) in [5.74, 6) is 0. The molecule has 68 valence electrons. The molecule has 1 N–H and O–H groups in total. The Kier molecular flexibility index (Phi) is 1.69. The molecule has 0 aliphatic carbocycles. The smallest absolute Gasteiger partial charge is 0.288 e. The van der Waals surface area contributed by atoms with Crippen LogP contribution in [0.1, 0.15) is 11.1 Å². The van der Waals surface area contributed by atoms with Gasteiger partial charge in [-0.15, -0.1) is 0 Å². The highest BCUT2D eigenvalue weighted by atomic mass is 16.6. The van der Waals surface area contributed by atoms with E-state index in [-0.39, 0.29) is 4.92 Å². The Morgan fingerprint density at radius 2 is 2.38 bits per heavy atom. The minimum atomic E-state index is -0.642. The summed E-state index contributed by atoms with van der Waals surface area (Å²) >= 11 is 0. The second-order valence-corrected chi connectivity index (χ2v) is 3.31. The van der Waals surface area contributed by atoms with Crippen molar-refractivity contribution < 1.29 is 4.92 Å². The molecule has 13 heavy (non-hydrogen) atoms. The van der Waals surface area contributed by atoms with Crippen LogP contribution in [0.2, 0.25) is 0 Å². The first-order valence-corrected chi connectivity index (χ1v) is 4.16. The van der Waals surface area contributed by atoms with Gasteiger partial charge in [-0.2, -0.15) is 0 Å². The van der Waals surface area contributed by atoms with Crippen LogP contribution in [0.4, 0.5) is 5.69 Å². The number of fused-ring (bicyclic) bond motifs is 1. The quantitative estimate of drug-likeness (QED) is 0.524. The number of anilines is 1. The van der Waals surface area contributed by atoms with E-state index in [1.54, 1.807) is 0 Å². The van der Waals surface area contributed by atoms with Crippen LogP contribution in [0, 0.1) is 17.0 Å². The van der Waals surface area contributed by atoms with Crippen molar-refractivity contribution in [2.75, 3.05) is 5.32 Å². The lowest BCUT2D eigenvalue weighted by molar-refractivity contribution is -0.513. The molecule has 0 saturated carbocycles. The van der Waals surface area contributed by atoms with Crippen molar-refractivity contribution in [2.45, 2.75) is 19.5 Å². The molecule has 0 spiro atoms. The number of aryl methyl sites for hydroxylation is 1. The minimum absolute atomic E-state index is 0.282. The maximum atomic E-state index is 10.5. The van der Waals surface area contributed by atoms with Crippen molar-refractivity contribution in [1.29, 1.82) is 0 Å². The van der Waals surface area contributed by atoms with Crippen LogP contribution in [0.5, 0.6) is 0 Å². The van der Waals surface area contributed by atoms with Gasteiger partial charge < -0.3 is 5.32 Å². The van der Waals surface area contributed by atoms with E-state index in [2.05, 4.69) is 5.32 Å². The molecule has 1 aromatic rings. The minimum Gasteiger partial charge on any atom is -0.323 e. The van der Waals surface area contributed by atoms with Crippen molar-refractivity contribution in [3.8, 4) is 0 Å². The van der Waals surface area contributed by atoms with E-state index in [9.17, 15) is 10.1 Å². The van der Waals surface area contributed by atoms with Crippen molar-refractivity contribution in [1.82, 2.24) is 0 Å². The summed E-state index contributed by atoms with van der Waals surface area (Å²) < 4.78 is 0. The fourth-order valence-corrected chi connectivity index (χ4v) is 1.60. The molecule has 1 aromatic carbocycles. The highest BCUT2D eigenvalue weighted by molar-refractivity contribution is 5.57. The summed E-state index contributed by atoms with van der Waals surface area (Å²) in [6.45, 7) is 1.99. The maximum Gasteiger partial charge on any atom is 0.288 e. The lowest BCUT2D eigenvalue weighted by Gasteiger charge is -2.00. The average molecular weight is 178 g/mol. The van der Waals surface area contributed by atoms with E-state index >= 15 is 0 Å². The van der Waals surface area contributed by atoms with Crippen molar-refractivity contribution in [2.24, 2.45) is 0 Å². The number of nitro groups is 1. The van der Waals surface area contributed by atoms with Gasteiger partial charge in [-0.25, -0.2) is 0 Å². The zero-order valence-corrected chi connectivity index (χ0v) is 7.28. The summed E-state index contributed by atoms with van der Waals surface area (Å²) in [7, 11) is 0. The Labute approximate surface area is 75.7 Å². The summed E-state index contributed by atoms with van der Waals surface area (Å²) in [4.78, 5) is 10.2. The molecule has 0 saturated heterocycles. The van der Waals surface area contributed by atoms with Gasteiger partial charge in [-0.1, -0.05) is 17.7 Å². The predicted molar refractivity (Wildman–Crippen MR) is 49.3 cm³/mol. The van der Waals surface area contributed by atoms with Crippen LogP contribution < -0.4 is 5.32 Å².